The lowest BCUT2D eigenvalue weighted by Crippen LogP contribution is -2.37. The van der Waals surface area contributed by atoms with E-state index in [0.717, 1.165) is 22.5 Å². The molecule has 208 valence electrons. The van der Waals surface area contributed by atoms with Crippen molar-refractivity contribution in [2.75, 3.05) is 54.9 Å². The zero-order chi connectivity index (χ0) is 27.4. The van der Waals surface area contributed by atoms with Crippen LogP contribution in [0.1, 0.15) is 32.3 Å². The third-order valence-electron chi connectivity index (χ3n) is 7.14. The third-order valence-corrected chi connectivity index (χ3v) is 7.14. The van der Waals surface area contributed by atoms with Gasteiger partial charge in [0.15, 0.2) is 0 Å². The number of carbonyl (C=O) groups excluding carboxylic acids is 1. The maximum absolute atomic E-state index is 12.8. The predicted octanol–water partition coefficient (Wildman–Crippen LogP) is 4.88. The van der Waals surface area contributed by atoms with Crippen molar-refractivity contribution in [2.24, 2.45) is 5.92 Å². The maximum Gasteiger partial charge on any atom is 0.389 e. The van der Waals surface area contributed by atoms with E-state index in [1.165, 1.54) is 4.90 Å². The van der Waals surface area contributed by atoms with Crippen LogP contribution in [-0.2, 0) is 4.74 Å². The predicted molar refractivity (Wildman–Crippen MR) is 142 cm³/mol. The van der Waals surface area contributed by atoms with Crippen LogP contribution in [-0.4, -0.2) is 78.7 Å². The Labute approximate surface area is 221 Å². The van der Waals surface area contributed by atoms with Gasteiger partial charge in [-0.05, 0) is 74.1 Å². The van der Waals surface area contributed by atoms with Crippen molar-refractivity contribution in [3.63, 3.8) is 0 Å². The molecule has 4 rings (SSSR count). The van der Waals surface area contributed by atoms with E-state index in [9.17, 15) is 23.1 Å². The van der Waals surface area contributed by atoms with Gasteiger partial charge in [-0.3, -0.25) is 0 Å². The molecule has 1 aromatic heterocycles. The summed E-state index contributed by atoms with van der Waals surface area (Å²) in [5.74, 6) is 0.839. The molecule has 0 bridgehead atoms. The molecule has 2 aliphatic rings. The number of aliphatic hydroxyl groups is 1. The van der Waals surface area contributed by atoms with E-state index in [-0.39, 0.29) is 12.6 Å². The van der Waals surface area contributed by atoms with Crippen LogP contribution < -0.4 is 15.5 Å². The summed E-state index contributed by atoms with van der Waals surface area (Å²) in [7, 11) is 0. The molecule has 1 unspecified atom stereocenters. The average Bonchev–Trinajstić information content (AvgIpc) is 3.32. The number of urea groups is 1. The normalized spacial score (nSPS) is 19.8. The van der Waals surface area contributed by atoms with E-state index in [2.05, 4.69) is 15.5 Å². The molecular formula is C27H36F3N5O3. The Morgan fingerprint density at radius 3 is 2.61 bits per heavy atom. The highest BCUT2D eigenvalue weighted by Gasteiger charge is 2.36. The Bertz CT molecular complexity index is 1120. The van der Waals surface area contributed by atoms with Crippen LogP contribution in [0.25, 0.3) is 11.1 Å². The second-order valence-corrected chi connectivity index (χ2v) is 10.3. The molecule has 2 aromatic rings. The van der Waals surface area contributed by atoms with Gasteiger partial charge in [-0.2, -0.15) is 13.2 Å². The molecular weight excluding hydrogens is 499 g/mol. The van der Waals surface area contributed by atoms with E-state index < -0.39 is 30.7 Å². The fourth-order valence-corrected chi connectivity index (χ4v) is 4.78. The van der Waals surface area contributed by atoms with Gasteiger partial charge >= 0.3 is 12.2 Å². The van der Waals surface area contributed by atoms with Crippen LogP contribution in [0.2, 0.25) is 0 Å². The second kappa shape index (κ2) is 11.8. The number of halogens is 3. The molecule has 0 saturated carbocycles. The molecule has 3 N–H and O–H groups in total. The minimum absolute atomic E-state index is 0.0911. The number of likely N-dealkylation sites (tertiary alicyclic amines) is 1. The summed E-state index contributed by atoms with van der Waals surface area (Å²) < 4.78 is 43.8. The Kier molecular flexibility index (Phi) is 8.67. The van der Waals surface area contributed by atoms with E-state index in [1.807, 2.05) is 38.1 Å². The van der Waals surface area contributed by atoms with Gasteiger partial charge < -0.3 is 30.3 Å². The summed E-state index contributed by atoms with van der Waals surface area (Å²) in [6, 6.07) is 8.86. The number of rotatable bonds is 7. The van der Waals surface area contributed by atoms with E-state index in [1.54, 1.807) is 13.0 Å². The number of anilines is 3. The average molecular weight is 536 g/mol. The van der Waals surface area contributed by atoms with Gasteiger partial charge in [0.1, 0.15) is 11.6 Å². The van der Waals surface area contributed by atoms with Crippen molar-refractivity contribution < 1.29 is 27.8 Å². The number of amides is 2. The van der Waals surface area contributed by atoms with Gasteiger partial charge in [0, 0.05) is 38.3 Å². The van der Waals surface area contributed by atoms with E-state index in [4.69, 9.17) is 9.72 Å². The van der Waals surface area contributed by atoms with Crippen molar-refractivity contribution in [2.45, 2.75) is 51.9 Å². The maximum atomic E-state index is 12.8. The van der Waals surface area contributed by atoms with Crippen LogP contribution in [0.4, 0.5) is 35.3 Å². The van der Waals surface area contributed by atoms with Gasteiger partial charge in [0.05, 0.1) is 25.4 Å². The third kappa shape index (κ3) is 7.28. The molecule has 0 radical (unpaired) electrons. The molecule has 3 atom stereocenters. The second-order valence-electron chi connectivity index (χ2n) is 10.3. The minimum atomic E-state index is -4.23. The van der Waals surface area contributed by atoms with Crippen LogP contribution >= 0.6 is 0 Å². The molecule has 8 nitrogen and oxygen atoms in total. The van der Waals surface area contributed by atoms with Crippen LogP contribution in [0.3, 0.4) is 0 Å². The topological polar surface area (TPSA) is 90.0 Å². The van der Waals surface area contributed by atoms with Gasteiger partial charge in [-0.1, -0.05) is 6.07 Å². The molecule has 2 saturated heterocycles. The Hall–Kier alpha value is -3.05. The van der Waals surface area contributed by atoms with E-state index in [0.29, 0.717) is 50.8 Å². The monoisotopic (exact) mass is 535 g/mol. The molecule has 38 heavy (non-hydrogen) atoms. The molecule has 2 fully saturated rings. The summed E-state index contributed by atoms with van der Waals surface area (Å²) in [4.78, 5) is 21.2. The number of nitrogens with zero attached hydrogens (tertiary/aromatic N) is 3. The Balaban J connectivity index is 1.56. The van der Waals surface area contributed by atoms with Gasteiger partial charge in [-0.15, -0.1) is 0 Å². The molecule has 2 amide bonds. The first-order valence-corrected chi connectivity index (χ1v) is 13.0. The largest absolute Gasteiger partial charge is 0.391 e. The Morgan fingerprint density at radius 1 is 1.18 bits per heavy atom. The minimum Gasteiger partial charge on any atom is -0.391 e. The summed E-state index contributed by atoms with van der Waals surface area (Å²) in [6.45, 7) is 8.61. The summed E-state index contributed by atoms with van der Waals surface area (Å²) in [5, 5.41) is 16.1. The van der Waals surface area contributed by atoms with Crippen LogP contribution in [0.5, 0.6) is 0 Å². The molecule has 1 aromatic carbocycles. The molecule has 3 heterocycles. The number of carbonyl (C=O) groups is 1. The number of alkyl halides is 3. The lowest BCUT2D eigenvalue weighted by atomic mass is 10.00. The van der Waals surface area contributed by atoms with Gasteiger partial charge in [0.2, 0.25) is 0 Å². The number of hydrogen-bond acceptors (Lipinski definition) is 6. The fourth-order valence-electron chi connectivity index (χ4n) is 4.78. The first-order valence-electron chi connectivity index (χ1n) is 13.0. The highest BCUT2D eigenvalue weighted by Crippen LogP contribution is 2.33. The molecule has 0 aliphatic carbocycles. The van der Waals surface area contributed by atoms with Gasteiger partial charge in [-0.25, -0.2) is 9.78 Å². The first-order chi connectivity index (χ1) is 18.0. The van der Waals surface area contributed by atoms with Gasteiger partial charge in [0.25, 0.3) is 0 Å². The molecule has 11 heteroatoms. The number of benzene rings is 1. The van der Waals surface area contributed by atoms with Crippen molar-refractivity contribution >= 4 is 23.4 Å². The number of aryl methyl sites for hydroxylation is 1. The van der Waals surface area contributed by atoms with Crippen molar-refractivity contribution in [3.8, 4) is 11.1 Å². The van der Waals surface area contributed by atoms with Crippen molar-refractivity contribution in [1.82, 2.24) is 9.88 Å². The SMILES string of the molecule is Cc1ccc(NC(=O)N2CCC(CC(F)(F)F)C2)cc1-c1cc(N[C@H](C)[C@@H](C)O)nc(N2CCOCC2)c1. The molecule has 2 aliphatic heterocycles. The van der Waals surface area contributed by atoms with E-state index >= 15 is 0 Å². The molecule has 0 spiro atoms. The van der Waals surface area contributed by atoms with Crippen molar-refractivity contribution in [3.05, 3.63) is 35.9 Å². The number of pyridine rings is 1. The number of hydrogen-bond donors (Lipinski definition) is 3. The number of ether oxygens (including phenoxy) is 1. The first kappa shape index (κ1) is 28.0. The summed E-state index contributed by atoms with van der Waals surface area (Å²) >= 11 is 0. The number of nitrogens with one attached hydrogen (secondary N) is 2. The van der Waals surface area contributed by atoms with Crippen LogP contribution in [0, 0.1) is 12.8 Å². The smallest absolute Gasteiger partial charge is 0.389 e. The van der Waals surface area contributed by atoms with Crippen molar-refractivity contribution in [1.29, 1.82) is 0 Å². The highest BCUT2D eigenvalue weighted by molar-refractivity contribution is 5.91. The summed E-state index contributed by atoms with van der Waals surface area (Å²) in [6.07, 6.45) is -5.33. The summed E-state index contributed by atoms with van der Waals surface area (Å²) in [5.41, 5.74) is 3.33. The highest BCUT2D eigenvalue weighted by atomic mass is 19.4. The number of aromatic nitrogens is 1. The Morgan fingerprint density at radius 2 is 1.92 bits per heavy atom. The standard InChI is InChI=1S/C27H36F3N5O3/c1-17-4-5-22(32-26(37)35-7-6-20(16-35)15-27(28,29)30)14-23(17)21-12-24(31-18(2)19(3)36)33-25(13-21)34-8-10-38-11-9-34/h4-5,12-14,18-20,36H,6-11,15-16H2,1-3H3,(H,31,33)(H,32,37)/t18-,19-,20?/m1/s1. The number of aliphatic hydroxyl groups excluding tert-OH is 1. The number of morpholine rings is 1. The quantitative estimate of drug-likeness (QED) is 0.468. The lowest BCUT2D eigenvalue weighted by molar-refractivity contribution is -0.143. The zero-order valence-electron chi connectivity index (χ0n) is 22.0. The lowest BCUT2D eigenvalue weighted by Gasteiger charge is -2.29. The fraction of sp³-hybridized carbons (Fsp3) is 0.556. The zero-order valence-corrected chi connectivity index (χ0v) is 22.0. The van der Waals surface area contributed by atoms with Crippen LogP contribution in [0.15, 0.2) is 30.3 Å².